The molecule has 1 fully saturated rings. The minimum absolute atomic E-state index is 0.140. The summed E-state index contributed by atoms with van der Waals surface area (Å²) in [6.07, 6.45) is 3.53. The number of hydrogen-bond donors (Lipinski definition) is 2. The maximum Gasteiger partial charge on any atom is 0.152 e. The van der Waals surface area contributed by atoms with E-state index in [1.165, 1.54) is 6.26 Å². The molecule has 0 saturated carbocycles. The van der Waals surface area contributed by atoms with Crippen LogP contribution in [0.2, 0.25) is 0 Å². The molecular formula is C12H22N2O. The number of hydroxylamine groups is 1. The standard InChI is InChI=1S/C12H22N2O/c1-6-7-15-13-10-8-11(2,3)14-12(4,5)9-10/h7,10,13-14H,1,8-9H2,2-5H3. The van der Waals surface area contributed by atoms with Crippen LogP contribution >= 0.6 is 0 Å². The number of rotatable bonds is 3. The van der Waals surface area contributed by atoms with Crippen LogP contribution in [0.15, 0.2) is 18.6 Å². The van der Waals surface area contributed by atoms with Crippen molar-refractivity contribution in [2.24, 2.45) is 0 Å². The molecule has 0 atom stereocenters. The molecule has 0 aromatic rings. The first-order valence-electron chi connectivity index (χ1n) is 5.39. The summed E-state index contributed by atoms with van der Waals surface area (Å²) in [5, 5.41) is 3.62. The van der Waals surface area contributed by atoms with Gasteiger partial charge in [0.2, 0.25) is 0 Å². The molecule has 0 aromatic heterocycles. The van der Waals surface area contributed by atoms with Crippen LogP contribution in [0.25, 0.3) is 0 Å². The van der Waals surface area contributed by atoms with E-state index in [9.17, 15) is 0 Å². The summed E-state index contributed by atoms with van der Waals surface area (Å²) in [5.41, 5.74) is 5.89. The molecule has 0 radical (unpaired) electrons. The Morgan fingerprint density at radius 3 is 2.33 bits per heavy atom. The van der Waals surface area contributed by atoms with E-state index < -0.39 is 0 Å². The third-order valence-electron chi connectivity index (χ3n) is 2.57. The minimum Gasteiger partial charge on any atom is -0.408 e. The minimum atomic E-state index is 0.140. The van der Waals surface area contributed by atoms with Crippen molar-refractivity contribution in [1.29, 1.82) is 0 Å². The van der Waals surface area contributed by atoms with Gasteiger partial charge in [0.05, 0.1) is 0 Å². The maximum atomic E-state index is 5.13. The van der Waals surface area contributed by atoms with Crippen molar-refractivity contribution in [2.45, 2.75) is 57.7 Å². The summed E-state index contributed by atoms with van der Waals surface area (Å²) < 4.78 is 0. The van der Waals surface area contributed by atoms with Gasteiger partial charge in [0.1, 0.15) is 0 Å². The van der Waals surface area contributed by atoms with Gasteiger partial charge in [-0.1, -0.05) is 12.3 Å². The van der Waals surface area contributed by atoms with E-state index in [4.69, 9.17) is 4.84 Å². The molecule has 1 heterocycles. The van der Waals surface area contributed by atoms with Crippen LogP contribution in [0.5, 0.6) is 0 Å². The van der Waals surface area contributed by atoms with Crippen LogP contribution in [0, 0.1) is 0 Å². The molecule has 1 aliphatic rings. The quantitative estimate of drug-likeness (QED) is 0.425. The van der Waals surface area contributed by atoms with Crippen molar-refractivity contribution in [3.63, 3.8) is 0 Å². The zero-order valence-electron chi connectivity index (χ0n) is 10.2. The molecule has 1 rings (SSSR count). The Bertz CT molecular complexity index is 249. The Hall–Kier alpha value is -0.760. The second kappa shape index (κ2) is 4.40. The van der Waals surface area contributed by atoms with Gasteiger partial charge >= 0.3 is 0 Å². The predicted molar refractivity (Wildman–Crippen MR) is 62.2 cm³/mol. The van der Waals surface area contributed by atoms with E-state index in [0.717, 1.165) is 12.8 Å². The van der Waals surface area contributed by atoms with E-state index in [0.29, 0.717) is 6.04 Å². The average Bonchev–Trinajstić information content (AvgIpc) is 1.98. The van der Waals surface area contributed by atoms with Gasteiger partial charge in [-0.2, -0.15) is 5.48 Å². The molecule has 3 nitrogen and oxygen atoms in total. The summed E-state index contributed by atoms with van der Waals surface area (Å²) >= 11 is 0. The third-order valence-corrected chi connectivity index (χ3v) is 2.57. The molecule has 0 aromatic carbocycles. The topological polar surface area (TPSA) is 33.3 Å². The highest BCUT2D eigenvalue weighted by molar-refractivity contribution is 4.98. The maximum absolute atomic E-state index is 5.13. The van der Waals surface area contributed by atoms with Crippen LogP contribution in [0.3, 0.4) is 0 Å². The van der Waals surface area contributed by atoms with Crippen molar-refractivity contribution in [2.75, 3.05) is 0 Å². The van der Waals surface area contributed by atoms with E-state index in [-0.39, 0.29) is 11.1 Å². The zero-order chi connectivity index (χ0) is 11.5. The molecule has 0 unspecified atom stereocenters. The van der Waals surface area contributed by atoms with Gasteiger partial charge < -0.3 is 10.2 Å². The molecular weight excluding hydrogens is 188 g/mol. The third kappa shape index (κ3) is 4.08. The second-order valence-electron chi connectivity index (χ2n) is 5.56. The molecule has 0 bridgehead atoms. The van der Waals surface area contributed by atoms with Gasteiger partial charge in [0, 0.05) is 17.1 Å². The fourth-order valence-corrected chi connectivity index (χ4v) is 2.58. The lowest BCUT2D eigenvalue weighted by atomic mass is 9.80. The first kappa shape index (κ1) is 12.3. The van der Waals surface area contributed by atoms with Crippen molar-refractivity contribution in [1.82, 2.24) is 10.8 Å². The Morgan fingerprint density at radius 1 is 1.33 bits per heavy atom. The van der Waals surface area contributed by atoms with E-state index in [2.05, 4.69) is 50.8 Å². The van der Waals surface area contributed by atoms with Crippen LogP contribution < -0.4 is 10.8 Å². The number of piperidine rings is 1. The SMILES string of the molecule is C=C=CONC1CC(C)(C)NC(C)(C)C1. The van der Waals surface area contributed by atoms with Crippen LogP contribution in [0.4, 0.5) is 0 Å². The molecule has 0 amide bonds. The highest BCUT2D eigenvalue weighted by Gasteiger charge is 2.37. The van der Waals surface area contributed by atoms with Crippen LogP contribution in [0.1, 0.15) is 40.5 Å². The summed E-state index contributed by atoms with van der Waals surface area (Å²) in [6.45, 7) is 12.3. The number of hydrogen-bond acceptors (Lipinski definition) is 3. The van der Waals surface area contributed by atoms with Crippen molar-refractivity contribution in [3.8, 4) is 0 Å². The van der Waals surface area contributed by atoms with Gasteiger partial charge in [0.15, 0.2) is 6.26 Å². The first-order valence-corrected chi connectivity index (χ1v) is 5.39. The van der Waals surface area contributed by atoms with E-state index in [1.54, 1.807) is 0 Å². The van der Waals surface area contributed by atoms with Crippen LogP contribution in [-0.2, 0) is 4.84 Å². The van der Waals surface area contributed by atoms with Crippen molar-refractivity contribution in [3.05, 3.63) is 18.6 Å². The molecule has 3 heteroatoms. The molecule has 1 aliphatic heterocycles. The lowest BCUT2D eigenvalue weighted by molar-refractivity contribution is 0.0406. The monoisotopic (exact) mass is 210 g/mol. The summed E-state index contributed by atoms with van der Waals surface area (Å²) in [4.78, 5) is 5.13. The lowest BCUT2D eigenvalue weighted by Crippen LogP contribution is -2.61. The molecule has 86 valence electrons. The molecule has 0 spiro atoms. The number of nitrogens with one attached hydrogen (secondary N) is 2. The molecule has 0 aliphatic carbocycles. The summed E-state index contributed by atoms with van der Waals surface area (Å²) in [6, 6.07) is 0.362. The predicted octanol–water partition coefficient (Wildman–Crippen LogP) is 2.12. The van der Waals surface area contributed by atoms with Gasteiger partial charge in [0.25, 0.3) is 0 Å². The normalized spacial score (nSPS) is 24.3. The van der Waals surface area contributed by atoms with Gasteiger partial charge in [-0.3, -0.25) is 0 Å². The van der Waals surface area contributed by atoms with E-state index >= 15 is 0 Å². The fraction of sp³-hybridized carbons (Fsp3) is 0.750. The first-order chi connectivity index (χ1) is 6.85. The van der Waals surface area contributed by atoms with Crippen molar-refractivity contribution < 1.29 is 4.84 Å². The summed E-state index contributed by atoms with van der Waals surface area (Å²) in [7, 11) is 0. The highest BCUT2D eigenvalue weighted by atomic mass is 16.6. The molecule has 1 saturated heterocycles. The van der Waals surface area contributed by atoms with Crippen molar-refractivity contribution >= 4 is 0 Å². The second-order valence-corrected chi connectivity index (χ2v) is 5.56. The molecule has 15 heavy (non-hydrogen) atoms. The Labute approximate surface area is 92.5 Å². The average molecular weight is 210 g/mol. The highest BCUT2D eigenvalue weighted by Crippen LogP contribution is 2.28. The smallest absolute Gasteiger partial charge is 0.152 e. The Kier molecular flexibility index (Phi) is 3.61. The summed E-state index contributed by atoms with van der Waals surface area (Å²) in [5.74, 6) is 0. The lowest BCUT2D eigenvalue weighted by Gasteiger charge is -2.46. The van der Waals surface area contributed by atoms with Gasteiger partial charge in [-0.15, -0.1) is 0 Å². The molecule has 2 N–H and O–H groups in total. The zero-order valence-corrected chi connectivity index (χ0v) is 10.2. The fourth-order valence-electron chi connectivity index (χ4n) is 2.58. The Morgan fingerprint density at radius 2 is 1.87 bits per heavy atom. The van der Waals surface area contributed by atoms with Gasteiger partial charge in [-0.05, 0) is 40.5 Å². The van der Waals surface area contributed by atoms with E-state index in [1.807, 2.05) is 0 Å². The largest absolute Gasteiger partial charge is 0.408 e. The van der Waals surface area contributed by atoms with Gasteiger partial charge in [-0.25, -0.2) is 0 Å². The Balaban J connectivity index is 2.55. The van der Waals surface area contributed by atoms with Crippen LogP contribution in [-0.4, -0.2) is 17.1 Å².